The molecule has 0 saturated heterocycles. The summed E-state index contributed by atoms with van der Waals surface area (Å²) in [5.41, 5.74) is -0.233. The molecule has 3 rings (SSSR count). The van der Waals surface area contributed by atoms with Gasteiger partial charge < -0.3 is 10.2 Å². The molecule has 1 aromatic heterocycles. The van der Waals surface area contributed by atoms with E-state index in [0.717, 1.165) is 22.8 Å². The highest BCUT2D eigenvalue weighted by Gasteiger charge is 2.33. The summed E-state index contributed by atoms with van der Waals surface area (Å²) >= 11 is 0. The minimum absolute atomic E-state index is 0.0136. The van der Waals surface area contributed by atoms with Crippen LogP contribution in [0.5, 0.6) is 5.75 Å². The minimum atomic E-state index is -1.34. The number of rotatable bonds is 6. The molecule has 31 heavy (non-hydrogen) atoms. The molecule has 2 N–H and O–H groups in total. The van der Waals surface area contributed by atoms with Crippen molar-refractivity contribution >= 4 is 22.8 Å². The predicted octanol–water partition coefficient (Wildman–Crippen LogP) is 5.37. The average molecular weight is 433 g/mol. The van der Waals surface area contributed by atoms with Crippen LogP contribution in [-0.2, 0) is 4.79 Å². The molecular weight excluding hydrogens is 411 g/mol. The summed E-state index contributed by atoms with van der Waals surface area (Å²) in [6, 6.07) is 5.57. The van der Waals surface area contributed by atoms with Gasteiger partial charge in [0.1, 0.15) is 5.82 Å². The van der Waals surface area contributed by atoms with Gasteiger partial charge in [0.2, 0.25) is 0 Å². The van der Waals surface area contributed by atoms with Crippen LogP contribution in [0.25, 0.3) is 10.9 Å². The number of halogens is 3. The van der Waals surface area contributed by atoms with Crippen molar-refractivity contribution in [3.8, 4) is 5.75 Å². The van der Waals surface area contributed by atoms with Gasteiger partial charge in [-0.05, 0) is 43.0 Å². The van der Waals surface area contributed by atoms with Crippen molar-refractivity contribution in [3.63, 3.8) is 0 Å². The second-order valence-corrected chi connectivity index (χ2v) is 7.71. The number of fused-ring (bicyclic) bond motifs is 1. The lowest BCUT2D eigenvalue weighted by Crippen LogP contribution is -2.18. The summed E-state index contributed by atoms with van der Waals surface area (Å²) in [5, 5.41) is 19.4. The molecule has 2 atom stereocenters. The van der Waals surface area contributed by atoms with Gasteiger partial charge in [-0.25, -0.2) is 13.2 Å². The molecule has 3 aromatic rings. The normalized spacial score (nSPS) is 13.4. The Morgan fingerprint density at radius 1 is 1.16 bits per heavy atom. The van der Waals surface area contributed by atoms with Gasteiger partial charge in [-0.1, -0.05) is 26.3 Å². The Bertz CT molecular complexity index is 1190. The maximum Gasteiger partial charge on any atom is 0.311 e. The quantitative estimate of drug-likeness (QED) is 0.548. The van der Waals surface area contributed by atoms with Gasteiger partial charge >= 0.3 is 5.97 Å². The molecule has 0 spiro atoms. The molecule has 0 fully saturated rings. The Morgan fingerprint density at radius 3 is 2.42 bits per heavy atom. The summed E-state index contributed by atoms with van der Waals surface area (Å²) in [6.07, 6.45) is 0.823. The van der Waals surface area contributed by atoms with E-state index in [0.29, 0.717) is 6.42 Å². The second kappa shape index (κ2) is 8.45. The van der Waals surface area contributed by atoms with E-state index in [4.69, 9.17) is 0 Å². The summed E-state index contributed by atoms with van der Waals surface area (Å²) in [5.74, 6) is -7.79. The number of hydrogen-bond acceptors (Lipinski definition) is 3. The maximum absolute atomic E-state index is 15.0. The molecular formula is C23H22F3NO4. The van der Waals surface area contributed by atoms with E-state index in [2.05, 4.69) is 0 Å². The predicted molar refractivity (Wildman–Crippen MR) is 109 cm³/mol. The minimum Gasteiger partial charge on any atom is -0.503 e. The SMILES string of the molecule is CCC(C)CC(C(=O)O)c1c(C)n(C(=O)c2cccc(F)c2)c2cc(F)c(O)c(F)c12. The van der Waals surface area contributed by atoms with E-state index >= 15 is 4.39 Å². The zero-order chi connectivity index (χ0) is 23.0. The van der Waals surface area contributed by atoms with E-state index in [-0.39, 0.29) is 40.1 Å². The molecule has 5 nitrogen and oxygen atoms in total. The van der Waals surface area contributed by atoms with Crippen LogP contribution in [0.2, 0.25) is 0 Å². The molecule has 0 amide bonds. The fraction of sp³-hybridized carbons (Fsp3) is 0.304. The van der Waals surface area contributed by atoms with E-state index in [1.165, 1.54) is 19.1 Å². The molecule has 0 bridgehead atoms. The Hall–Kier alpha value is -3.29. The first-order valence-corrected chi connectivity index (χ1v) is 9.83. The van der Waals surface area contributed by atoms with Crippen LogP contribution >= 0.6 is 0 Å². The molecule has 2 aromatic carbocycles. The van der Waals surface area contributed by atoms with Crippen LogP contribution in [0.4, 0.5) is 13.2 Å². The number of nitrogens with zero attached hydrogens (tertiary/aromatic N) is 1. The van der Waals surface area contributed by atoms with Gasteiger partial charge in [0, 0.05) is 22.7 Å². The monoisotopic (exact) mass is 433 g/mol. The van der Waals surface area contributed by atoms with Crippen LogP contribution in [-0.4, -0.2) is 26.7 Å². The van der Waals surface area contributed by atoms with Crippen LogP contribution < -0.4 is 0 Å². The zero-order valence-corrected chi connectivity index (χ0v) is 17.2. The van der Waals surface area contributed by atoms with E-state index in [1.54, 1.807) is 0 Å². The number of aromatic hydroxyl groups is 1. The number of aliphatic carboxylic acids is 1. The summed E-state index contributed by atoms with van der Waals surface area (Å²) < 4.78 is 43.9. The average Bonchev–Trinajstić information content (AvgIpc) is 3.00. The smallest absolute Gasteiger partial charge is 0.311 e. The van der Waals surface area contributed by atoms with Crippen LogP contribution in [0, 0.1) is 30.3 Å². The fourth-order valence-corrected chi connectivity index (χ4v) is 3.86. The van der Waals surface area contributed by atoms with Gasteiger partial charge in [-0.15, -0.1) is 0 Å². The third-order valence-corrected chi connectivity index (χ3v) is 5.66. The van der Waals surface area contributed by atoms with Crippen molar-refractivity contribution in [1.82, 2.24) is 4.57 Å². The summed E-state index contributed by atoms with van der Waals surface area (Å²) in [7, 11) is 0. The Kier molecular flexibility index (Phi) is 6.10. The first-order chi connectivity index (χ1) is 14.6. The van der Waals surface area contributed by atoms with Crippen molar-refractivity contribution in [3.05, 3.63) is 64.6 Å². The molecule has 0 aliphatic carbocycles. The topological polar surface area (TPSA) is 79.5 Å². The van der Waals surface area contributed by atoms with Gasteiger partial charge in [-0.3, -0.25) is 14.2 Å². The zero-order valence-electron chi connectivity index (χ0n) is 17.2. The molecule has 0 radical (unpaired) electrons. The number of carboxylic acids is 1. The number of hydrogen-bond donors (Lipinski definition) is 2. The number of phenols is 1. The molecule has 0 aliphatic rings. The molecule has 0 aliphatic heterocycles. The van der Waals surface area contributed by atoms with E-state index in [9.17, 15) is 28.6 Å². The summed E-state index contributed by atoms with van der Waals surface area (Å²) in [6.45, 7) is 5.15. The van der Waals surface area contributed by atoms with Crippen molar-refractivity contribution < 1.29 is 33.0 Å². The fourth-order valence-electron chi connectivity index (χ4n) is 3.86. The lowest BCUT2D eigenvalue weighted by Gasteiger charge is -2.18. The molecule has 8 heteroatoms. The first kappa shape index (κ1) is 22.4. The molecule has 2 unspecified atom stereocenters. The first-order valence-electron chi connectivity index (χ1n) is 9.83. The lowest BCUT2D eigenvalue weighted by molar-refractivity contribution is -0.139. The lowest BCUT2D eigenvalue weighted by atomic mass is 9.86. The Morgan fingerprint density at radius 2 is 1.84 bits per heavy atom. The number of carbonyl (C=O) groups excluding carboxylic acids is 1. The Labute approximate surface area is 176 Å². The van der Waals surface area contributed by atoms with Gasteiger partial charge in [0.25, 0.3) is 5.91 Å². The standard InChI is InChI=1S/C23H22F3NO4/c1-4-11(2)8-15(23(30)31)18-12(3)27(22(29)13-6-5-7-14(24)9-13)17-10-16(25)21(28)20(26)19(17)18/h5-7,9-11,15,28H,4,8H2,1-3H3,(H,30,31). The van der Waals surface area contributed by atoms with E-state index < -0.39 is 41.0 Å². The maximum atomic E-state index is 15.0. The largest absolute Gasteiger partial charge is 0.503 e. The third-order valence-electron chi connectivity index (χ3n) is 5.66. The number of carboxylic acid groups (broad SMARTS) is 1. The van der Waals surface area contributed by atoms with Gasteiger partial charge in [0.15, 0.2) is 17.4 Å². The highest BCUT2D eigenvalue weighted by Crippen LogP contribution is 2.40. The van der Waals surface area contributed by atoms with Gasteiger partial charge in [0.05, 0.1) is 11.4 Å². The number of carbonyl (C=O) groups is 2. The Balaban J connectivity index is 2.38. The van der Waals surface area contributed by atoms with Crippen LogP contribution in [0.15, 0.2) is 30.3 Å². The van der Waals surface area contributed by atoms with E-state index in [1.807, 2.05) is 13.8 Å². The van der Waals surface area contributed by atoms with Gasteiger partial charge in [-0.2, -0.15) is 0 Å². The molecule has 0 saturated carbocycles. The summed E-state index contributed by atoms with van der Waals surface area (Å²) in [4.78, 5) is 25.3. The van der Waals surface area contributed by atoms with Crippen LogP contribution in [0.3, 0.4) is 0 Å². The van der Waals surface area contributed by atoms with Crippen molar-refractivity contribution in [1.29, 1.82) is 0 Å². The highest BCUT2D eigenvalue weighted by molar-refractivity contribution is 6.05. The number of benzene rings is 2. The number of aromatic nitrogens is 1. The van der Waals surface area contributed by atoms with Crippen molar-refractivity contribution in [2.75, 3.05) is 0 Å². The third kappa shape index (κ3) is 3.89. The molecule has 164 valence electrons. The van der Waals surface area contributed by atoms with Crippen molar-refractivity contribution in [2.24, 2.45) is 5.92 Å². The second-order valence-electron chi connectivity index (χ2n) is 7.71. The van der Waals surface area contributed by atoms with Crippen LogP contribution in [0.1, 0.15) is 54.2 Å². The molecule has 1 heterocycles. The number of phenolic OH excluding ortho intramolecular Hbond substituents is 1. The highest BCUT2D eigenvalue weighted by atomic mass is 19.1. The van der Waals surface area contributed by atoms with Crippen molar-refractivity contribution in [2.45, 2.75) is 39.5 Å².